The normalized spacial score (nSPS) is 10.7. The number of anilines is 1. The predicted molar refractivity (Wildman–Crippen MR) is 110 cm³/mol. The Labute approximate surface area is 167 Å². The van der Waals surface area contributed by atoms with Crippen LogP contribution < -0.4 is 10.6 Å². The molecule has 7 nitrogen and oxygen atoms in total. The first-order chi connectivity index (χ1) is 14.1. The van der Waals surface area contributed by atoms with Crippen molar-refractivity contribution in [3.05, 3.63) is 95.8 Å². The third-order valence-corrected chi connectivity index (χ3v) is 4.52. The number of hydrogen-bond acceptors (Lipinski definition) is 4. The first-order valence-corrected chi connectivity index (χ1v) is 9.15. The number of aryl methyl sites for hydroxylation is 1. The van der Waals surface area contributed by atoms with Gasteiger partial charge in [-0.15, -0.1) is 0 Å². The molecule has 0 saturated carbocycles. The topological polar surface area (TPSA) is 88.4 Å². The van der Waals surface area contributed by atoms with Gasteiger partial charge in [0.15, 0.2) is 5.69 Å². The lowest BCUT2D eigenvalue weighted by atomic mass is 10.2. The van der Waals surface area contributed by atoms with E-state index >= 15 is 0 Å². The number of nitrogens with zero attached hydrogens (tertiary/aromatic N) is 3. The monoisotopic (exact) mass is 385 g/mol. The standard InChI is InChI=1S/C22H19N5O2/c1-15-8-2-3-10-17(15)25-22(29)20-26-19(18-11-5-7-13-27(18)20)21(28)24-14-16-9-4-6-12-23-16/h2-13H,14H2,1H3,(H,24,28)(H,25,29). The van der Waals surface area contributed by atoms with Crippen molar-refractivity contribution >= 4 is 23.0 Å². The second kappa shape index (κ2) is 7.93. The van der Waals surface area contributed by atoms with Gasteiger partial charge >= 0.3 is 0 Å². The van der Waals surface area contributed by atoms with Crippen LogP contribution in [-0.4, -0.2) is 26.2 Å². The molecule has 4 rings (SSSR count). The number of amides is 2. The molecule has 144 valence electrons. The molecule has 0 radical (unpaired) electrons. The molecule has 0 aliphatic carbocycles. The summed E-state index contributed by atoms with van der Waals surface area (Å²) in [5, 5.41) is 5.67. The zero-order valence-electron chi connectivity index (χ0n) is 15.8. The lowest BCUT2D eigenvalue weighted by Crippen LogP contribution is -2.24. The molecular formula is C22H19N5O2. The third kappa shape index (κ3) is 3.84. The number of hydrogen-bond donors (Lipinski definition) is 2. The van der Waals surface area contributed by atoms with E-state index in [1.54, 1.807) is 35.0 Å². The van der Waals surface area contributed by atoms with Crippen LogP contribution in [0.3, 0.4) is 0 Å². The van der Waals surface area contributed by atoms with Gasteiger partial charge in [0.05, 0.1) is 17.8 Å². The van der Waals surface area contributed by atoms with Crippen molar-refractivity contribution in [3.8, 4) is 0 Å². The lowest BCUT2D eigenvalue weighted by Gasteiger charge is -2.07. The minimum atomic E-state index is -0.385. The fourth-order valence-electron chi connectivity index (χ4n) is 3.01. The number of rotatable bonds is 5. The fraction of sp³-hybridized carbons (Fsp3) is 0.0909. The molecular weight excluding hydrogens is 366 g/mol. The van der Waals surface area contributed by atoms with Crippen LogP contribution in [0.15, 0.2) is 73.1 Å². The van der Waals surface area contributed by atoms with E-state index in [1.165, 1.54) is 0 Å². The Morgan fingerprint density at radius 1 is 0.966 bits per heavy atom. The summed E-state index contributed by atoms with van der Waals surface area (Å²) in [6.07, 6.45) is 3.38. The van der Waals surface area contributed by atoms with E-state index in [1.807, 2.05) is 49.4 Å². The maximum Gasteiger partial charge on any atom is 0.292 e. The van der Waals surface area contributed by atoms with Crippen molar-refractivity contribution in [2.75, 3.05) is 5.32 Å². The molecule has 0 saturated heterocycles. The van der Waals surface area contributed by atoms with Crippen molar-refractivity contribution in [1.82, 2.24) is 19.7 Å². The van der Waals surface area contributed by atoms with E-state index in [0.717, 1.165) is 11.3 Å². The summed E-state index contributed by atoms with van der Waals surface area (Å²) in [7, 11) is 0. The van der Waals surface area contributed by atoms with E-state index in [9.17, 15) is 9.59 Å². The van der Waals surface area contributed by atoms with Gasteiger partial charge in [-0.3, -0.25) is 19.0 Å². The molecule has 0 aliphatic heterocycles. The summed E-state index contributed by atoms with van der Waals surface area (Å²) < 4.78 is 1.61. The summed E-state index contributed by atoms with van der Waals surface area (Å²) >= 11 is 0. The molecule has 29 heavy (non-hydrogen) atoms. The Morgan fingerprint density at radius 2 is 1.76 bits per heavy atom. The first kappa shape index (κ1) is 18.4. The Balaban J connectivity index is 1.62. The van der Waals surface area contributed by atoms with E-state index in [0.29, 0.717) is 11.2 Å². The molecule has 3 heterocycles. The molecule has 7 heteroatoms. The van der Waals surface area contributed by atoms with Crippen molar-refractivity contribution in [3.63, 3.8) is 0 Å². The van der Waals surface area contributed by atoms with Crippen LogP contribution in [0.1, 0.15) is 32.4 Å². The molecule has 0 aliphatic rings. The predicted octanol–water partition coefficient (Wildman–Crippen LogP) is 3.22. The Bertz CT molecular complexity index is 1180. The first-order valence-electron chi connectivity index (χ1n) is 9.15. The summed E-state index contributed by atoms with van der Waals surface area (Å²) in [6, 6.07) is 18.3. The van der Waals surface area contributed by atoms with Crippen molar-refractivity contribution in [2.45, 2.75) is 13.5 Å². The molecule has 0 bridgehead atoms. The smallest absolute Gasteiger partial charge is 0.292 e. The second-order valence-corrected chi connectivity index (χ2v) is 6.51. The molecule has 1 aromatic carbocycles. The van der Waals surface area contributed by atoms with Gasteiger partial charge in [0, 0.05) is 18.1 Å². The molecule has 4 aromatic rings. The van der Waals surface area contributed by atoms with Crippen LogP contribution in [-0.2, 0) is 6.54 Å². The number of pyridine rings is 2. The largest absolute Gasteiger partial charge is 0.345 e. The van der Waals surface area contributed by atoms with Gasteiger partial charge in [-0.05, 0) is 42.8 Å². The van der Waals surface area contributed by atoms with Gasteiger partial charge in [0.25, 0.3) is 11.8 Å². The van der Waals surface area contributed by atoms with Crippen LogP contribution in [0.4, 0.5) is 5.69 Å². The maximum atomic E-state index is 12.9. The number of carbonyl (C=O) groups excluding carboxylic acids is 2. The highest BCUT2D eigenvalue weighted by Gasteiger charge is 2.21. The third-order valence-electron chi connectivity index (χ3n) is 4.52. The molecule has 0 fully saturated rings. The minimum Gasteiger partial charge on any atom is -0.345 e. The summed E-state index contributed by atoms with van der Waals surface area (Å²) in [5.74, 6) is -0.606. The summed E-state index contributed by atoms with van der Waals surface area (Å²) in [5.41, 5.74) is 3.13. The Morgan fingerprint density at radius 3 is 2.55 bits per heavy atom. The molecule has 2 amide bonds. The zero-order chi connectivity index (χ0) is 20.2. The number of para-hydroxylation sites is 1. The van der Waals surface area contributed by atoms with Gasteiger partial charge in [-0.1, -0.05) is 30.3 Å². The van der Waals surface area contributed by atoms with E-state index in [4.69, 9.17) is 0 Å². The molecule has 0 atom stereocenters. The van der Waals surface area contributed by atoms with Crippen molar-refractivity contribution in [2.24, 2.45) is 0 Å². The quantitative estimate of drug-likeness (QED) is 0.552. The number of nitrogens with one attached hydrogen (secondary N) is 2. The van der Waals surface area contributed by atoms with E-state index in [-0.39, 0.29) is 29.9 Å². The highest BCUT2D eigenvalue weighted by atomic mass is 16.2. The van der Waals surface area contributed by atoms with Crippen LogP contribution in [0, 0.1) is 6.92 Å². The van der Waals surface area contributed by atoms with Crippen LogP contribution >= 0.6 is 0 Å². The SMILES string of the molecule is Cc1ccccc1NC(=O)c1nc(C(=O)NCc2ccccn2)c2ccccn12. The number of carbonyl (C=O) groups is 2. The molecule has 0 spiro atoms. The highest BCUT2D eigenvalue weighted by Crippen LogP contribution is 2.17. The number of imidazole rings is 1. The molecule has 2 N–H and O–H groups in total. The van der Waals surface area contributed by atoms with Crippen LogP contribution in [0.25, 0.3) is 5.52 Å². The van der Waals surface area contributed by atoms with Crippen LogP contribution in [0.5, 0.6) is 0 Å². The number of benzene rings is 1. The Kier molecular flexibility index (Phi) is 5.03. The van der Waals surface area contributed by atoms with Gasteiger partial charge in [0.1, 0.15) is 0 Å². The average molecular weight is 385 g/mol. The van der Waals surface area contributed by atoms with Crippen LogP contribution in [0.2, 0.25) is 0 Å². The average Bonchev–Trinajstić information content (AvgIpc) is 3.14. The second-order valence-electron chi connectivity index (χ2n) is 6.51. The van der Waals surface area contributed by atoms with Crippen molar-refractivity contribution < 1.29 is 9.59 Å². The highest BCUT2D eigenvalue weighted by molar-refractivity contribution is 6.06. The summed E-state index contributed by atoms with van der Waals surface area (Å²) in [6.45, 7) is 2.19. The molecule has 3 aromatic heterocycles. The summed E-state index contributed by atoms with van der Waals surface area (Å²) in [4.78, 5) is 34.1. The maximum absolute atomic E-state index is 12.9. The van der Waals surface area contributed by atoms with Gasteiger partial charge in [-0.2, -0.15) is 0 Å². The Hall–Kier alpha value is -4.00. The number of fused-ring (bicyclic) bond motifs is 1. The van der Waals surface area contributed by atoms with Gasteiger partial charge < -0.3 is 10.6 Å². The fourth-order valence-corrected chi connectivity index (χ4v) is 3.01. The van der Waals surface area contributed by atoms with E-state index in [2.05, 4.69) is 20.6 Å². The molecule has 0 unspecified atom stereocenters. The number of aromatic nitrogens is 3. The lowest BCUT2D eigenvalue weighted by molar-refractivity contribution is 0.0947. The van der Waals surface area contributed by atoms with Gasteiger partial charge in [-0.25, -0.2) is 4.98 Å². The van der Waals surface area contributed by atoms with Crippen molar-refractivity contribution in [1.29, 1.82) is 0 Å². The van der Waals surface area contributed by atoms with E-state index < -0.39 is 0 Å². The minimum absolute atomic E-state index is 0.145. The zero-order valence-corrected chi connectivity index (χ0v) is 15.8. The van der Waals surface area contributed by atoms with Gasteiger partial charge in [0.2, 0.25) is 5.82 Å².